The summed E-state index contributed by atoms with van der Waals surface area (Å²) >= 11 is 7.21. The number of halogens is 2. The molecule has 0 aliphatic carbocycles. The van der Waals surface area contributed by atoms with Crippen molar-refractivity contribution >= 4 is 35.0 Å². The lowest BCUT2D eigenvalue weighted by Crippen LogP contribution is -2.18. The molecule has 124 valence electrons. The molecule has 0 atom stereocenters. The number of carbonyl (C=O) groups is 1. The molecule has 0 fully saturated rings. The van der Waals surface area contributed by atoms with E-state index >= 15 is 0 Å². The Morgan fingerprint density at radius 1 is 1.29 bits per heavy atom. The Morgan fingerprint density at radius 3 is 2.83 bits per heavy atom. The SMILES string of the molecule is CC1=C(C(=O)Nc2ccccc2-c2ccc(Cl)c(F)c2)SCCO1. The molecule has 0 bridgehead atoms. The molecular weight excluding hydrogens is 349 g/mol. The number of nitrogens with one attached hydrogen (secondary N) is 1. The van der Waals surface area contributed by atoms with E-state index in [0.29, 0.717) is 28.5 Å². The lowest BCUT2D eigenvalue weighted by atomic mass is 10.0. The first-order valence-corrected chi connectivity index (χ1v) is 8.75. The zero-order valence-electron chi connectivity index (χ0n) is 12.9. The van der Waals surface area contributed by atoms with Crippen molar-refractivity contribution in [1.29, 1.82) is 0 Å². The van der Waals surface area contributed by atoms with Crippen LogP contribution in [0.3, 0.4) is 0 Å². The molecule has 1 N–H and O–H groups in total. The maximum absolute atomic E-state index is 13.8. The second-order valence-corrected chi connectivity index (χ2v) is 6.72. The minimum atomic E-state index is -0.495. The van der Waals surface area contributed by atoms with E-state index in [1.165, 1.54) is 23.9 Å². The number of para-hydroxylation sites is 1. The molecule has 1 amide bonds. The molecule has 2 aromatic rings. The van der Waals surface area contributed by atoms with E-state index in [2.05, 4.69) is 5.32 Å². The summed E-state index contributed by atoms with van der Waals surface area (Å²) in [5, 5.41) is 2.96. The van der Waals surface area contributed by atoms with Crippen molar-refractivity contribution in [2.45, 2.75) is 6.92 Å². The molecular formula is C18H15ClFNO2S. The van der Waals surface area contributed by atoms with Gasteiger partial charge in [0.2, 0.25) is 0 Å². The van der Waals surface area contributed by atoms with Gasteiger partial charge in [0, 0.05) is 17.0 Å². The number of hydrogen-bond donors (Lipinski definition) is 1. The van der Waals surface area contributed by atoms with Crippen LogP contribution in [-0.2, 0) is 9.53 Å². The first-order valence-electron chi connectivity index (χ1n) is 7.38. The Labute approximate surface area is 148 Å². The molecule has 24 heavy (non-hydrogen) atoms. The van der Waals surface area contributed by atoms with Gasteiger partial charge in [-0.1, -0.05) is 35.9 Å². The largest absolute Gasteiger partial charge is 0.496 e. The fourth-order valence-electron chi connectivity index (χ4n) is 2.42. The zero-order valence-corrected chi connectivity index (χ0v) is 14.5. The summed E-state index contributed by atoms with van der Waals surface area (Å²) in [5.41, 5.74) is 1.98. The molecule has 2 aromatic carbocycles. The van der Waals surface area contributed by atoms with Crippen molar-refractivity contribution in [3.05, 3.63) is 64.0 Å². The summed E-state index contributed by atoms with van der Waals surface area (Å²) in [7, 11) is 0. The number of amides is 1. The first-order chi connectivity index (χ1) is 11.6. The minimum Gasteiger partial charge on any atom is -0.496 e. The van der Waals surface area contributed by atoms with Gasteiger partial charge in [-0.25, -0.2) is 4.39 Å². The van der Waals surface area contributed by atoms with Gasteiger partial charge in [0.15, 0.2) is 0 Å². The smallest absolute Gasteiger partial charge is 0.265 e. The number of anilines is 1. The van der Waals surface area contributed by atoms with Crippen LogP contribution in [0.15, 0.2) is 53.1 Å². The summed E-state index contributed by atoms with van der Waals surface area (Å²) < 4.78 is 19.2. The van der Waals surface area contributed by atoms with Crippen LogP contribution in [0, 0.1) is 5.82 Å². The highest BCUT2D eigenvalue weighted by atomic mass is 35.5. The van der Waals surface area contributed by atoms with Crippen LogP contribution in [0.4, 0.5) is 10.1 Å². The van der Waals surface area contributed by atoms with Crippen LogP contribution < -0.4 is 5.32 Å². The summed E-state index contributed by atoms with van der Waals surface area (Å²) in [6.45, 7) is 2.38. The molecule has 0 saturated heterocycles. The second kappa shape index (κ2) is 7.28. The summed E-state index contributed by atoms with van der Waals surface area (Å²) in [6.07, 6.45) is 0. The standard InChI is InChI=1S/C18H15ClFNO2S/c1-11-17(24-9-8-23-11)18(22)21-16-5-3-2-4-13(16)12-6-7-14(19)15(20)10-12/h2-7,10H,8-9H2,1H3,(H,21,22). The minimum absolute atomic E-state index is 0.0665. The van der Waals surface area contributed by atoms with Crippen LogP contribution in [0.1, 0.15) is 6.92 Å². The predicted molar refractivity (Wildman–Crippen MR) is 96.6 cm³/mol. The topological polar surface area (TPSA) is 38.3 Å². The van der Waals surface area contributed by atoms with Gasteiger partial charge in [-0.3, -0.25) is 4.79 Å². The summed E-state index contributed by atoms with van der Waals surface area (Å²) in [5.74, 6) is 0.646. The normalized spacial score (nSPS) is 14.3. The fraction of sp³-hybridized carbons (Fsp3) is 0.167. The van der Waals surface area contributed by atoms with Crippen LogP contribution in [0.2, 0.25) is 5.02 Å². The van der Waals surface area contributed by atoms with Gasteiger partial charge in [0.1, 0.15) is 16.5 Å². The Bertz CT molecular complexity index is 822. The zero-order chi connectivity index (χ0) is 17.1. The van der Waals surface area contributed by atoms with Gasteiger partial charge >= 0.3 is 0 Å². The highest BCUT2D eigenvalue weighted by molar-refractivity contribution is 8.04. The molecule has 1 heterocycles. The van der Waals surface area contributed by atoms with E-state index in [-0.39, 0.29) is 10.9 Å². The Hall–Kier alpha value is -1.98. The number of thioether (sulfide) groups is 1. The molecule has 1 aliphatic rings. The third-order valence-corrected chi connectivity index (χ3v) is 5.02. The summed E-state index contributed by atoms with van der Waals surface area (Å²) in [6, 6.07) is 11.8. The van der Waals surface area contributed by atoms with Crippen LogP contribution >= 0.6 is 23.4 Å². The lowest BCUT2D eigenvalue weighted by molar-refractivity contribution is -0.112. The van der Waals surface area contributed by atoms with Crippen molar-refractivity contribution in [2.75, 3.05) is 17.7 Å². The molecule has 3 nitrogen and oxygen atoms in total. The molecule has 1 aliphatic heterocycles. The molecule has 3 rings (SSSR count). The Morgan fingerprint density at radius 2 is 2.08 bits per heavy atom. The van der Waals surface area contributed by atoms with Crippen molar-refractivity contribution < 1.29 is 13.9 Å². The number of benzene rings is 2. The average molecular weight is 364 g/mol. The third-order valence-electron chi connectivity index (χ3n) is 3.58. The van der Waals surface area contributed by atoms with E-state index in [9.17, 15) is 9.18 Å². The Balaban J connectivity index is 1.92. The molecule has 0 radical (unpaired) electrons. The highest BCUT2D eigenvalue weighted by Gasteiger charge is 2.20. The third kappa shape index (κ3) is 3.57. The van der Waals surface area contributed by atoms with Crippen molar-refractivity contribution in [2.24, 2.45) is 0 Å². The number of ether oxygens (including phenoxy) is 1. The molecule has 0 aromatic heterocycles. The van der Waals surface area contributed by atoms with Gasteiger partial charge in [-0.15, -0.1) is 11.8 Å². The van der Waals surface area contributed by atoms with E-state index in [4.69, 9.17) is 16.3 Å². The number of hydrogen-bond acceptors (Lipinski definition) is 3. The number of rotatable bonds is 3. The highest BCUT2D eigenvalue weighted by Crippen LogP contribution is 2.32. The number of carbonyl (C=O) groups excluding carboxylic acids is 1. The van der Waals surface area contributed by atoms with Gasteiger partial charge in [0.25, 0.3) is 5.91 Å². The second-order valence-electron chi connectivity index (χ2n) is 5.21. The van der Waals surface area contributed by atoms with E-state index < -0.39 is 5.82 Å². The summed E-state index contributed by atoms with van der Waals surface area (Å²) in [4.78, 5) is 13.1. The van der Waals surface area contributed by atoms with E-state index in [1.807, 2.05) is 18.2 Å². The molecule has 0 unspecified atom stereocenters. The molecule has 6 heteroatoms. The van der Waals surface area contributed by atoms with Gasteiger partial charge in [-0.2, -0.15) is 0 Å². The average Bonchev–Trinajstić information content (AvgIpc) is 2.58. The van der Waals surface area contributed by atoms with E-state index in [1.54, 1.807) is 19.1 Å². The quantitative estimate of drug-likeness (QED) is 0.826. The molecule has 0 saturated carbocycles. The Kier molecular flexibility index (Phi) is 5.11. The van der Waals surface area contributed by atoms with Gasteiger partial charge in [0.05, 0.1) is 11.6 Å². The number of allylic oxidation sites excluding steroid dienone is 1. The van der Waals surface area contributed by atoms with Crippen LogP contribution in [0.25, 0.3) is 11.1 Å². The lowest BCUT2D eigenvalue weighted by Gasteiger charge is -2.18. The molecule has 0 spiro atoms. The fourth-order valence-corrected chi connectivity index (χ4v) is 3.35. The van der Waals surface area contributed by atoms with Crippen LogP contribution in [0.5, 0.6) is 0 Å². The predicted octanol–water partition coefficient (Wildman–Crippen LogP) is 5.08. The monoisotopic (exact) mass is 363 g/mol. The van der Waals surface area contributed by atoms with Gasteiger partial charge in [-0.05, 0) is 30.7 Å². The van der Waals surface area contributed by atoms with Crippen molar-refractivity contribution in [3.63, 3.8) is 0 Å². The van der Waals surface area contributed by atoms with Crippen molar-refractivity contribution in [3.8, 4) is 11.1 Å². The van der Waals surface area contributed by atoms with Gasteiger partial charge < -0.3 is 10.1 Å². The maximum atomic E-state index is 13.8. The first kappa shape index (κ1) is 16.9. The van der Waals surface area contributed by atoms with E-state index in [0.717, 1.165) is 11.3 Å². The van der Waals surface area contributed by atoms with Crippen molar-refractivity contribution in [1.82, 2.24) is 0 Å². The maximum Gasteiger partial charge on any atom is 0.265 e. The van der Waals surface area contributed by atoms with Crippen LogP contribution in [-0.4, -0.2) is 18.3 Å².